The third-order valence-electron chi connectivity index (χ3n) is 4.90. The van der Waals surface area contributed by atoms with Crippen LogP contribution < -0.4 is 5.56 Å². The summed E-state index contributed by atoms with van der Waals surface area (Å²) < 4.78 is 1.97. The van der Waals surface area contributed by atoms with Crippen molar-refractivity contribution >= 4 is 62.4 Å². The molecule has 9 heteroatoms. The van der Waals surface area contributed by atoms with Crippen molar-refractivity contribution in [3.05, 3.63) is 85.9 Å². The van der Waals surface area contributed by atoms with Crippen molar-refractivity contribution in [3.8, 4) is 5.69 Å². The van der Waals surface area contributed by atoms with Gasteiger partial charge in [-0.25, -0.2) is 4.98 Å². The van der Waals surface area contributed by atoms with Gasteiger partial charge in [0.2, 0.25) is 5.91 Å². The molecular weight excluding hydrogens is 485 g/mol. The Morgan fingerprint density at radius 2 is 1.91 bits per heavy atom. The van der Waals surface area contributed by atoms with Crippen LogP contribution in [0.15, 0.2) is 69.9 Å². The highest BCUT2D eigenvalue weighted by Crippen LogP contribution is 2.31. The van der Waals surface area contributed by atoms with E-state index in [1.165, 1.54) is 27.7 Å². The molecule has 0 bridgehead atoms. The number of rotatable bonds is 7. The third kappa shape index (κ3) is 4.71. The highest BCUT2D eigenvalue weighted by Gasteiger charge is 2.20. The summed E-state index contributed by atoms with van der Waals surface area (Å²) in [6, 6.07) is 16.8. The Balaban J connectivity index is 1.66. The van der Waals surface area contributed by atoms with E-state index in [1.807, 2.05) is 42.6 Å². The molecule has 32 heavy (non-hydrogen) atoms. The number of carbonyl (C=O) groups is 1. The van der Waals surface area contributed by atoms with Crippen LogP contribution in [0.2, 0.25) is 10.0 Å². The lowest BCUT2D eigenvalue weighted by atomic mass is 10.2. The third-order valence-corrected chi connectivity index (χ3v) is 7.52. The number of halogens is 2. The molecule has 164 valence electrons. The normalized spacial score (nSPS) is 11.1. The minimum Gasteiger partial charge on any atom is -0.338 e. The van der Waals surface area contributed by atoms with Gasteiger partial charge in [0.15, 0.2) is 5.16 Å². The zero-order valence-electron chi connectivity index (χ0n) is 17.1. The molecule has 0 unspecified atom stereocenters. The average Bonchev–Trinajstić information content (AvgIpc) is 3.28. The maximum absolute atomic E-state index is 13.3. The van der Waals surface area contributed by atoms with Gasteiger partial charge in [-0.2, -0.15) is 0 Å². The van der Waals surface area contributed by atoms with Crippen molar-refractivity contribution < 1.29 is 4.79 Å². The van der Waals surface area contributed by atoms with Crippen molar-refractivity contribution in [2.45, 2.75) is 18.6 Å². The Bertz CT molecular complexity index is 1320. The largest absolute Gasteiger partial charge is 0.338 e. The minimum atomic E-state index is -0.235. The molecule has 0 saturated carbocycles. The number of amides is 1. The molecule has 0 aliphatic heterocycles. The van der Waals surface area contributed by atoms with Crippen molar-refractivity contribution in [2.24, 2.45) is 0 Å². The second kappa shape index (κ2) is 10.1. The van der Waals surface area contributed by atoms with E-state index in [0.717, 1.165) is 5.56 Å². The summed E-state index contributed by atoms with van der Waals surface area (Å²) in [5.41, 5.74) is 1.87. The molecule has 4 rings (SSSR count). The number of thiophene rings is 1. The number of nitrogens with zero attached hydrogens (tertiary/aromatic N) is 3. The van der Waals surface area contributed by atoms with Crippen molar-refractivity contribution in [1.82, 2.24) is 14.5 Å². The molecule has 2 aromatic carbocycles. The second-order valence-corrected chi connectivity index (χ2v) is 9.57. The number of aromatic nitrogens is 2. The Morgan fingerprint density at radius 1 is 1.12 bits per heavy atom. The van der Waals surface area contributed by atoms with Crippen molar-refractivity contribution in [2.75, 3.05) is 12.3 Å². The van der Waals surface area contributed by atoms with Crippen LogP contribution >= 0.6 is 46.3 Å². The van der Waals surface area contributed by atoms with Crippen molar-refractivity contribution in [3.63, 3.8) is 0 Å². The van der Waals surface area contributed by atoms with Gasteiger partial charge in [0.05, 0.1) is 27.0 Å². The van der Waals surface area contributed by atoms with Gasteiger partial charge in [-0.3, -0.25) is 14.2 Å². The van der Waals surface area contributed by atoms with E-state index in [4.69, 9.17) is 23.2 Å². The molecule has 0 spiro atoms. The fourth-order valence-electron chi connectivity index (χ4n) is 3.26. The molecule has 0 fully saturated rings. The number of hydrogen-bond donors (Lipinski definition) is 0. The van der Waals surface area contributed by atoms with Crippen LogP contribution in [0.3, 0.4) is 0 Å². The van der Waals surface area contributed by atoms with E-state index in [9.17, 15) is 9.59 Å². The summed E-state index contributed by atoms with van der Waals surface area (Å²) in [7, 11) is 0. The monoisotopic (exact) mass is 503 g/mol. The predicted molar refractivity (Wildman–Crippen MR) is 133 cm³/mol. The second-order valence-electron chi connectivity index (χ2n) is 6.93. The average molecular weight is 504 g/mol. The fraction of sp³-hybridized carbons (Fsp3) is 0.174. The molecule has 0 radical (unpaired) electrons. The molecule has 2 aromatic heterocycles. The lowest BCUT2D eigenvalue weighted by Crippen LogP contribution is -2.32. The zero-order chi connectivity index (χ0) is 22.7. The van der Waals surface area contributed by atoms with Gasteiger partial charge in [0, 0.05) is 13.1 Å². The molecule has 0 aliphatic rings. The number of hydrogen-bond acceptors (Lipinski definition) is 5. The maximum atomic E-state index is 13.3. The van der Waals surface area contributed by atoms with E-state index >= 15 is 0 Å². The van der Waals surface area contributed by atoms with Crippen LogP contribution in [-0.4, -0.2) is 32.7 Å². The first kappa shape index (κ1) is 22.9. The first-order valence-electron chi connectivity index (χ1n) is 9.88. The van der Waals surface area contributed by atoms with Gasteiger partial charge in [-0.05, 0) is 36.1 Å². The molecule has 0 N–H and O–H groups in total. The van der Waals surface area contributed by atoms with Gasteiger partial charge in [-0.15, -0.1) is 11.3 Å². The summed E-state index contributed by atoms with van der Waals surface area (Å²) in [5.74, 6) is 0.103. The Morgan fingerprint density at radius 3 is 2.66 bits per heavy atom. The highest BCUT2D eigenvalue weighted by atomic mass is 35.5. The van der Waals surface area contributed by atoms with Gasteiger partial charge < -0.3 is 4.90 Å². The lowest BCUT2D eigenvalue weighted by molar-refractivity contribution is -0.128. The maximum Gasteiger partial charge on any atom is 0.276 e. The predicted octanol–water partition coefficient (Wildman–Crippen LogP) is 5.89. The van der Waals surface area contributed by atoms with Gasteiger partial charge in [0.1, 0.15) is 4.70 Å². The number of thioether (sulfide) groups is 1. The SMILES string of the molecule is CCN(Cc1ccccc1)C(=O)CSc1nc2ccsc2c(=O)n1-c1cccc(Cl)c1Cl. The molecule has 5 nitrogen and oxygen atoms in total. The molecule has 0 aliphatic carbocycles. The van der Waals surface area contributed by atoms with Gasteiger partial charge in [0.25, 0.3) is 5.56 Å². The standard InChI is InChI=1S/C23H19Cl2N3O2S2/c1-2-27(13-15-7-4-3-5-8-15)19(29)14-32-23-26-17-11-12-31-21(17)22(30)28(23)18-10-6-9-16(24)20(18)25/h3-12H,2,13-14H2,1H3. The van der Waals surface area contributed by atoms with Crippen molar-refractivity contribution in [1.29, 1.82) is 0 Å². The van der Waals surface area contributed by atoms with Crippen LogP contribution in [0.1, 0.15) is 12.5 Å². The van der Waals surface area contributed by atoms with Crippen LogP contribution in [0.25, 0.3) is 15.9 Å². The number of carbonyl (C=O) groups excluding carboxylic acids is 1. The fourth-order valence-corrected chi connectivity index (χ4v) is 5.31. The van der Waals surface area contributed by atoms with Crippen LogP contribution in [-0.2, 0) is 11.3 Å². The molecule has 0 atom stereocenters. The van der Waals surface area contributed by atoms with Gasteiger partial charge in [-0.1, -0.05) is 71.4 Å². The molecule has 2 heterocycles. The van der Waals surface area contributed by atoms with E-state index in [0.29, 0.717) is 39.2 Å². The number of fused-ring (bicyclic) bond motifs is 1. The molecule has 4 aromatic rings. The van der Waals surface area contributed by atoms with E-state index in [-0.39, 0.29) is 22.2 Å². The molecule has 1 amide bonds. The van der Waals surface area contributed by atoms with Gasteiger partial charge >= 0.3 is 0 Å². The smallest absolute Gasteiger partial charge is 0.276 e. The van der Waals surface area contributed by atoms with Crippen LogP contribution in [0.5, 0.6) is 0 Å². The zero-order valence-corrected chi connectivity index (χ0v) is 20.3. The Hall–Kier alpha value is -2.32. The first-order chi connectivity index (χ1) is 15.5. The number of benzene rings is 2. The quantitative estimate of drug-likeness (QED) is 0.233. The summed E-state index contributed by atoms with van der Waals surface area (Å²) >= 11 is 15.2. The summed E-state index contributed by atoms with van der Waals surface area (Å²) in [4.78, 5) is 32.7. The highest BCUT2D eigenvalue weighted by molar-refractivity contribution is 7.99. The summed E-state index contributed by atoms with van der Waals surface area (Å²) in [5, 5.41) is 2.83. The molecule has 0 saturated heterocycles. The van der Waals surface area contributed by atoms with Crippen LogP contribution in [0, 0.1) is 0 Å². The molecular formula is C23H19Cl2N3O2S2. The van der Waals surface area contributed by atoms with E-state index < -0.39 is 0 Å². The summed E-state index contributed by atoms with van der Waals surface area (Å²) in [6.07, 6.45) is 0. The minimum absolute atomic E-state index is 0.0373. The van der Waals surface area contributed by atoms with E-state index in [1.54, 1.807) is 29.2 Å². The summed E-state index contributed by atoms with van der Waals surface area (Å²) in [6.45, 7) is 3.06. The van der Waals surface area contributed by atoms with Crippen LogP contribution in [0.4, 0.5) is 0 Å². The Kier molecular flexibility index (Phi) is 7.20. The Labute approximate surface area is 203 Å². The lowest BCUT2D eigenvalue weighted by Gasteiger charge is -2.21. The topological polar surface area (TPSA) is 55.2 Å². The van der Waals surface area contributed by atoms with E-state index in [2.05, 4.69) is 4.98 Å². The first-order valence-corrected chi connectivity index (χ1v) is 12.5.